The second kappa shape index (κ2) is 9.08. The van der Waals surface area contributed by atoms with E-state index in [-0.39, 0.29) is 5.91 Å². The molecule has 0 bridgehead atoms. The van der Waals surface area contributed by atoms with E-state index in [9.17, 15) is 9.59 Å². The largest absolute Gasteiger partial charge is 0.354 e. The molecule has 31 heavy (non-hydrogen) atoms. The maximum Gasteiger partial charge on any atom is 0.269 e. The maximum atomic E-state index is 11.6. The van der Waals surface area contributed by atoms with Gasteiger partial charge in [-0.05, 0) is 53.3 Å². The molecule has 2 N–H and O–H groups in total. The highest BCUT2D eigenvalue weighted by Crippen LogP contribution is 2.29. The summed E-state index contributed by atoms with van der Waals surface area (Å²) in [6, 6.07) is 5.77. The molecule has 2 aliphatic rings. The summed E-state index contributed by atoms with van der Waals surface area (Å²) in [5, 5.41) is 5.75. The number of fused-ring (bicyclic) bond motifs is 1. The van der Waals surface area contributed by atoms with Gasteiger partial charge in [-0.15, -0.1) is 0 Å². The summed E-state index contributed by atoms with van der Waals surface area (Å²) < 4.78 is 0. The van der Waals surface area contributed by atoms with Crippen LogP contribution < -0.4 is 10.6 Å². The van der Waals surface area contributed by atoms with Gasteiger partial charge in [0.15, 0.2) is 5.94 Å². The number of hydrogen-bond donors (Lipinski definition) is 2. The van der Waals surface area contributed by atoms with Crippen LogP contribution in [0.4, 0.5) is 5.69 Å². The van der Waals surface area contributed by atoms with Crippen LogP contribution in [0.5, 0.6) is 0 Å². The van der Waals surface area contributed by atoms with E-state index in [1.807, 2.05) is 31.2 Å². The zero-order valence-electron chi connectivity index (χ0n) is 17.7. The number of nitrogens with zero attached hydrogens (tertiary/aromatic N) is 3. The van der Waals surface area contributed by atoms with Crippen LogP contribution in [-0.2, 0) is 11.3 Å². The first kappa shape index (κ1) is 20.7. The summed E-state index contributed by atoms with van der Waals surface area (Å²) in [5.41, 5.74) is 6.94. The highest BCUT2D eigenvalue weighted by Gasteiger charge is 2.18. The smallest absolute Gasteiger partial charge is 0.269 e. The first-order valence-corrected chi connectivity index (χ1v) is 10.4. The Morgan fingerprint density at radius 2 is 2.16 bits per heavy atom. The molecule has 0 radical (unpaired) electrons. The third-order valence-corrected chi connectivity index (χ3v) is 5.64. The third-order valence-electron chi connectivity index (χ3n) is 5.64. The van der Waals surface area contributed by atoms with Gasteiger partial charge in [-0.3, -0.25) is 19.7 Å². The lowest BCUT2D eigenvalue weighted by Crippen LogP contribution is -2.28. The van der Waals surface area contributed by atoms with Crippen molar-refractivity contribution in [1.29, 1.82) is 0 Å². The summed E-state index contributed by atoms with van der Waals surface area (Å²) in [5.74, 6) is 1.81. The van der Waals surface area contributed by atoms with E-state index in [0.717, 1.165) is 60.6 Å². The minimum atomic E-state index is -0.180. The summed E-state index contributed by atoms with van der Waals surface area (Å²) in [6.07, 6.45) is 9.51. The molecule has 1 amide bonds. The number of pyridine rings is 2. The molecule has 4 heterocycles. The molecule has 4 rings (SSSR count). The quantitative estimate of drug-likeness (QED) is 0.730. The highest BCUT2D eigenvalue weighted by molar-refractivity contribution is 5.92. The monoisotopic (exact) mass is 415 g/mol. The van der Waals surface area contributed by atoms with Gasteiger partial charge in [-0.1, -0.05) is 19.1 Å². The van der Waals surface area contributed by atoms with Crippen LogP contribution in [0, 0.1) is 0 Å². The highest BCUT2D eigenvalue weighted by atomic mass is 16.1. The predicted molar refractivity (Wildman–Crippen MR) is 121 cm³/mol. The van der Waals surface area contributed by atoms with Crippen molar-refractivity contribution in [3.63, 3.8) is 0 Å². The van der Waals surface area contributed by atoms with Crippen molar-refractivity contribution >= 4 is 29.2 Å². The first-order valence-electron chi connectivity index (χ1n) is 10.4. The fraction of sp³-hybridized carbons (Fsp3) is 0.292. The number of aromatic nitrogens is 2. The van der Waals surface area contributed by atoms with Crippen LogP contribution in [0.15, 0.2) is 47.9 Å². The number of rotatable bonds is 5. The number of amides is 1. The molecule has 0 saturated carbocycles. The van der Waals surface area contributed by atoms with Crippen molar-refractivity contribution in [2.75, 3.05) is 25.5 Å². The molecular formula is C24H25N5O2. The Hall–Kier alpha value is -3.54. The molecule has 0 atom stereocenters. The lowest BCUT2D eigenvalue weighted by atomic mass is 10.00. The van der Waals surface area contributed by atoms with Crippen LogP contribution >= 0.6 is 0 Å². The van der Waals surface area contributed by atoms with Crippen LogP contribution in [0.1, 0.15) is 47.1 Å². The number of hydrogen-bond acceptors (Lipinski definition) is 6. The van der Waals surface area contributed by atoms with Crippen molar-refractivity contribution in [3.8, 4) is 0 Å². The Labute approximate surface area is 181 Å². The van der Waals surface area contributed by atoms with Crippen molar-refractivity contribution in [3.05, 3.63) is 70.5 Å². The average molecular weight is 415 g/mol. The fourth-order valence-corrected chi connectivity index (χ4v) is 3.86. The molecule has 0 spiro atoms. The second-order valence-corrected chi connectivity index (χ2v) is 7.63. The SMILES string of the molecule is CCC1=Cc2ncc(CN3CC=C(c4ccc(C(=O)NC)nc4)CC3)cc2NC1=C=O. The molecule has 2 aromatic heterocycles. The van der Waals surface area contributed by atoms with Gasteiger partial charge in [0.2, 0.25) is 0 Å². The standard InChI is InChI=1S/C24H25N5O2/c1-3-17-11-21-22(28-23(17)15-30)10-16(12-26-21)14-29-8-6-18(7-9-29)19-4-5-20(27-13-19)24(31)25-2/h4-6,10-13,28H,3,7-9,14H2,1-2H3,(H,25,31). The molecule has 7 heteroatoms. The number of allylic oxidation sites excluding steroid dienone is 1. The Kier molecular flexibility index (Phi) is 6.07. The van der Waals surface area contributed by atoms with Crippen LogP contribution in [0.25, 0.3) is 11.6 Å². The van der Waals surface area contributed by atoms with Crippen molar-refractivity contribution in [2.24, 2.45) is 0 Å². The average Bonchev–Trinajstić information content (AvgIpc) is 2.83. The van der Waals surface area contributed by atoms with Gasteiger partial charge in [0, 0.05) is 39.1 Å². The van der Waals surface area contributed by atoms with Crippen LogP contribution in [-0.4, -0.2) is 46.9 Å². The van der Waals surface area contributed by atoms with Crippen molar-refractivity contribution in [1.82, 2.24) is 20.2 Å². The first-order chi connectivity index (χ1) is 15.1. The second-order valence-electron chi connectivity index (χ2n) is 7.63. The van der Waals surface area contributed by atoms with Gasteiger partial charge in [0.1, 0.15) is 11.4 Å². The molecule has 0 aliphatic carbocycles. The number of carbonyl (C=O) groups excluding carboxylic acids is 2. The van der Waals surface area contributed by atoms with E-state index in [2.05, 4.69) is 37.6 Å². The van der Waals surface area contributed by atoms with E-state index in [4.69, 9.17) is 0 Å². The number of nitrogens with one attached hydrogen (secondary N) is 2. The topological polar surface area (TPSA) is 87.2 Å². The fourth-order valence-electron chi connectivity index (χ4n) is 3.86. The zero-order valence-corrected chi connectivity index (χ0v) is 17.7. The Balaban J connectivity index is 1.42. The Morgan fingerprint density at radius 3 is 2.81 bits per heavy atom. The van der Waals surface area contributed by atoms with Crippen LogP contribution in [0.2, 0.25) is 0 Å². The minimum Gasteiger partial charge on any atom is -0.354 e. The molecule has 0 aromatic carbocycles. The van der Waals surface area contributed by atoms with Crippen molar-refractivity contribution in [2.45, 2.75) is 26.3 Å². The van der Waals surface area contributed by atoms with Crippen LogP contribution in [0.3, 0.4) is 0 Å². The lowest BCUT2D eigenvalue weighted by Gasteiger charge is -2.27. The van der Waals surface area contributed by atoms with E-state index in [1.165, 1.54) is 5.57 Å². The molecular weight excluding hydrogens is 390 g/mol. The summed E-state index contributed by atoms with van der Waals surface area (Å²) in [6.45, 7) is 4.54. The third kappa shape index (κ3) is 4.48. The van der Waals surface area contributed by atoms with E-state index in [0.29, 0.717) is 11.4 Å². The maximum absolute atomic E-state index is 11.6. The molecule has 0 fully saturated rings. The number of anilines is 1. The zero-order chi connectivity index (χ0) is 21.8. The van der Waals surface area contributed by atoms with Gasteiger partial charge in [0.25, 0.3) is 5.91 Å². The molecule has 158 valence electrons. The lowest BCUT2D eigenvalue weighted by molar-refractivity contribution is 0.0958. The number of carbonyl (C=O) groups is 1. The van der Waals surface area contributed by atoms with Gasteiger partial charge in [-0.25, -0.2) is 4.79 Å². The Bertz CT molecular complexity index is 1110. The summed E-state index contributed by atoms with van der Waals surface area (Å²) in [4.78, 5) is 34.1. The van der Waals surface area contributed by atoms with Gasteiger partial charge in [0.05, 0.1) is 11.4 Å². The summed E-state index contributed by atoms with van der Waals surface area (Å²) in [7, 11) is 1.60. The van der Waals surface area contributed by atoms with Gasteiger partial charge >= 0.3 is 0 Å². The van der Waals surface area contributed by atoms with E-state index in [1.54, 1.807) is 19.3 Å². The molecule has 0 saturated heterocycles. The van der Waals surface area contributed by atoms with Gasteiger partial charge in [-0.2, -0.15) is 0 Å². The van der Waals surface area contributed by atoms with E-state index >= 15 is 0 Å². The van der Waals surface area contributed by atoms with Gasteiger partial charge < -0.3 is 10.6 Å². The molecule has 0 unspecified atom stereocenters. The van der Waals surface area contributed by atoms with Crippen molar-refractivity contribution < 1.29 is 9.59 Å². The molecule has 2 aliphatic heterocycles. The minimum absolute atomic E-state index is 0.180. The van der Waals surface area contributed by atoms with E-state index < -0.39 is 0 Å². The molecule has 7 nitrogen and oxygen atoms in total. The summed E-state index contributed by atoms with van der Waals surface area (Å²) >= 11 is 0. The Morgan fingerprint density at radius 1 is 1.29 bits per heavy atom. The predicted octanol–water partition coefficient (Wildman–Crippen LogP) is 3.06. The normalized spacial score (nSPS) is 15.9. The molecule has 2 aromatic rings.